The zero-order valence-electron chi connectivity index (χ0n) is 10.4. The van der Waals surface area contributed by atoms with Crippen molar-refractivity contribution in [3.63, 3.8) is 0 Å². The smallest absolute Gasteiger partial charge is 0.260 e. The Kier molecular flexibility index (Phi) is 4.45. The maximum Gasteiger partial charge on any atom is 0.260 e. The summed E-state index contributed by atoms with van der Waals surface area (Å²) in [4.78, 5) is 7.10. The van der Waals surface area contributed by atoms with Gasteiger partial charge in [-0.1, -0.05) is 12.1 Å². The standard InChI is InChI=1S/C14H6ClFN4O/c15-14-19-8-12(16)13(20-14)21-11-3-1-9(2-4-11)5-10(6-17)7-18/h1-5,8H. The summed E-state index contributed by atoms with van der Waals surface area (Å²) >= 11 is 5.56. The molecule has 2 aromatic rings. The van der Waals surface area contributed by atoms with Crippen LogP contribution in [0.25, 0.3) is 6.08 Å². The average Bonchev–Trinajstić information content (AvgIpc) is 2.50. The third-order valence-corrected chi connectivity index (χ3v) is 2.51. The lowest BCUT2D eigenvalue weighted by Gasteiger charge is -2.05. The van der Waals surface area contributed by atoms with E-state index in [9.17, 15) is 4.39 Å². The maximum atomic E-state index is 13.4. The molecule has 2 rings (SSSR count). The van der Waals surface area contributed by atoms with Crippen LogP contribution in [0.4, 0.5) is 4.39 Å². The Morgan fingerprint density at radius 2 is 1.90 bits per heavy atom. The number of rotatable bonds is 3. The van der Waals surface area contributed by atoms with Gasteiger partial charge in [0.25, 0.3) is 5.88 Å². The predicted molar refractivity (Wildman–Crippen MR) is 72.7 cm³/mol. The fraction of sp³-hybridized carbons (Fsp3) is 0. The van der Waals surface area contributed by atoms with Crippen molar-refractivity contribution in [1.82, 2.24) is 9.97 Å². The first kappa shape index (κ1) is 14.4. The lowest BCUT2D eigenvalue weighted by Crippen LogP contribution is -1.94. The van der Waals surface area contributed by atoms with Crippen LogP contribution in [0.5, 0.6) is 11.6 Å². The molecule has 0 radical (unpaired) electrons. The molecular formula is C14H6ClFN4O. The van der Waals surface area contributed by atoms with Crippen molar-refractivity contribution in [2.45, 2.75) is 0 Å². The van der Waals surface area contributed by atoms with Crippen LogP contribution in [0.3, 0.4) is 0 Å². The first-order valence-corrected chi connectivity index (χ1v) is 5.98. The zero-order chi connectivity index (χ0) is 15.2. The van der Waals surface area contributed by atoms with E-state index in [4.69, 9.17) is 26.9 Å². The van der Waals surface area contributed by atoms with Crippen molar-refractivity contribution in [3.8, 4) is 23.8 Å². The van der Waals surface area contributed by atoms with E-state index >= 15 is 0 Å². The van der Waals surface area contributed by atoms with E-state index in [2.05, 4.69) is 9.97 Å². The first-order valence-electron chi connectivity index (χ1n) is 5.60. The number of allylic oxidation sites excluding steroid dienone is 1. The molecule has 0 bridgehead atoms. The van der Waals surface area contributed by atoms with Gasteiger partial charge in [0, 0.05) is 0 Å². The van der Waals surface area contributed by atoms with Crippen molar-refractivity contribution >= 4 is 17.7 Å². The Morgan fingerprint density at radius 1 is 1.24 bits per heavy atom. The van der Waals surface area contributed by atoms with Gasteiger partial charge in [0.1, 0.15) is 23.5 Å². The van der Waals surface area contributed by atoms with Crippen LogP contribution in [-0.4, -0.2) is 9.97 Å². The zero-order valence-corrected chi connectivity index (χ0v) is 11.2. The molecule has 1 aromatic carbocycles. The third kappa shape index (κ3) is 3.75. The molecule has 0 spiro atoms. The highest BCUT2D eigenvalue weighted by atomic mass is 35.5. The fourth-order valence-corrected chi connectivity index (χ4v) is 1.53. The van der Waals surface area contributed by atoms with Crippen molar-refractivity contribution in [2.75, 3.05) is 0 Å². The molecule has 0 unspecified atom stereocenters. The molecule has 0 aliphatic heterocycles. The molecule has 21 heavy (non-hydrogen) atoms. The van der Waals surface area contributed by atoms with E-state index in [0.29, 0.717) is 11.3 Å². The van der Waals surface area contributed by atoms with Gasteiger partial charge in [-0.05, 0) is 35.4 Å². The lowest BCUT2D eigenvalue weighted by molar-refractivity contribution is 0.420. The van der Waals surface area contributed by atoms with Gasteiger partial charge in [0.2, 0.25) is 11.1 Å². The first-order chi connectivity index (χ1) is 10.1. The van der Waals surface area contributed by atoms with Gasteiger partial charge in [0.05, 0.1) is 6.20 Å². The summed E-state index contributed by atoms with van der Waals surface area (Å²) in [5, 5.41) is 17.2. The van der Waals surface area contributed by atoms with E-state index in [0.717, 1.165) is 6.20 Å². The largest absolute Gasteiger partial charge is 0.436 e. The molecule has 0 aliphatic rings. The molecule has 0 amide bonds. The summed E-state index contributed by atoms with van der Waals surface area (Å²) in [5.41, 5.74) is 0.624. The van der Waals surface area contributed by atoms with Crippen LogP contribution < -0.4 is 4.74 Å². The second-order valence-corrected chi connectivity index (χ2v) is 4.08. The Labute approximate surface area is 124 Å². The Balaban J connectivity index is 2.21. The van der Waals surface area contributed by atoms with Gasteiger partial charge in [-0.2, -0.15) is 19.9 Å². The maximum absolute atomic E-state index is 13.4. The highest BCUT2D eigenvalue weighted by molar-refractivity contribution is 6.28. The summed E-state index contributed by atoms with van der Waals surface area (Å²) in [5.74, 6) is -0.691. The van der Waals surface area contributed by atoms with Crippen molar-refractivity contribution in [1.29, 1.82) is 10.5 Å². The monoisotopic (exact) mass is 300 g/mol. The van der Waals surface area contributed by atoms with Gasteiger partial charge in [-0.3, -0.25) is 0 Å². The minimum atomic E-state index is -0.736. The Morgan fingerprint density at radius 3 is 2.52 bits per heavy atom. The number of nitriles is 2. The topological polar surface area (TPSA) is 82.6 Å². The number of benzene rings is 1. The molecular weight excluding hydrogens is 295 g/mol. The lowest BCUT2D eigenvalue weighted by atomic mass is 10.1. The number of halogens is 2. The summed E-state index contributed by atoms with van der Waals surface area (Å²) in [6.45, 7) is 0. The van der Waals surface area contributed by atoms with Crippen LogP contribution in [0, 0.1) is 28.5 Å². The normalized spacial score (nSPS) is 9.33. The van der Waals surface area contributed by atoms with Gasteiger partial charge >= 0.3 is 0 Å². The molecule has 1 aromatic heterocycles. The minimum Gasteiger partial charge on any atom is -0.436 e. The quantitative estimate of drug-likeness (QED) is 0.640. The van der Waals surface area contributed by atoms with E-state index < -0.39 is 5.82 Å². The Bertz CT molecular complexity index is 759. The number of ether oxygens (including phenoxy) is 1. The second-order valence-electron chi connectivity index (χ2n) is 3.74. The average molecular weight is 301 g/mol. The van der Waals surface area contributed by atoms with E-state index in [1.165, 1.54) is 6.08 Å². The van der Waals surface area contributed by atoms with Crippen LogP contribution in [0.1, 0.15) is 5.56 Å². The van der Waals surface area contributed by atoms with Crippen LogP contribution >= 0.6 is 11.6 Å². The van der Waals surface area contributed by atoms with Crippen LogP contribution in [0.15, 0.2) is 36.0 Å². The fourth-order valence-electron chi connectivity index (χ4n) is 1.40. The van der Waals surface area contributed by atoms with E-state index in [-0.39, 0.29) is 16.7 Å². The van der Waals surface area contributed by atoms with Gasteiger partial charge in [-0.15, -0.1) is 0 Å². The van der Waals surface area contributed by atoms with Crippen LogP contribution in [0.2, 0.25) is 5.28 Å². The number of hydrogen-bond acceptors (Lipinski definition) is 5. The minimum absolute atomic E-state index is 0.0164. The predicted octanol–water partition coefficient (Wildman–Crippen LogP) is 3.49. The van der Waals surface area contributed by atoms with E-state index in [1.807, 2.05) is 0 Å². The molecule has 5 nitrogen and oxygen atoms in total. The van der Waals surface area contributed by atoms with Gasteiger partial charge in [-0.25, -0.2) is 4.98 Å². The summed E-state index contributed by atoms with van der Waals surface area (Å²) in [6, 6.07) is 9.84. The number of aromatic nitrogens is 2. The highest BCUT2D eigenvalue weighted by Crippen LogP contribution is 2.23. The van der Waals surface area contributed by atoms with Crippen molar-refractivity contribution in [3.05, 3.63) is 52.7 Å². The highest BCUT2D eigenvalue weighted by Gasteiger charge is 2.08. The molecule has 7 heteroatoms. The molecule has 0 aliphatic carbocycles. The third-order valence-electron chi connectivity index (χ3n) is 2.33. The molecule has 0 fully saturated rings. The van der Waals surface area contributed by atoms with Gasteiger partial charge < -0.3 is 4.74 Å². The second kappa shape index (κ2) is 6.47. The Hall–Kier alpha value is -2.96. The summed E-state index contributed by atoms with van der Waals surface area (Å²) in [6.07, 6.45) is 2.33. The molecule has 102 valence electrons. The van der Waals surface area contributed by atoms with E-state index in [1.54, 1.807) is 36.4 Å². The van der Waals surface area contributed by atoms with Gasteiger partial charge in [0.15, 0.2) is 0 Å². The molecule has 0 saturated carbocycles. The molecule has 0 saturated heterocycles. The number of hydrogen-bond donors (Lipinski definition) is 0. The van der Waals surface area contributed by atoms with Crippen LogP contribution in [-0.2, 0) is 0 Å². The molecule has 0 atom stereocenters. The summed E-state index contributed by atoms with van der Waals surface area (Å²) < 4.78 is 18.6. The molecule has 1 heterocycles. The summed E-state index contributed by atoms with van der Waals surface area (Å²) in [7, 11) is 0. The molecule has 0 N–H and O–H groups in total. The number of nitrogens with zero attached hydrogens (tertiary/aromatic N) is 4. The van der Waals surface area contributed by atoms with Crippen molar-refractivity contribution < 1.29 is 9.13 Å². The SMILES string of the molecule is N#CC(C#N)=Cc1ccc(Oc2nc(Cl)ncc2F)cc1. The van der Waals surface area contributed by atoms with Crippen molar-refractivity contribution in [2.24, 2.45) is 0 Å².